The van der Waals surface area contributed by atoms with Crippen LogP contribution in [0.15, 0.2) is 64.1 Å². The predicted octanol–water partition coefficient (Wildman–Crippen LogP) is 3.29. The number of rotatable bonds is 7. The molecule has 0 saturated heterocycles. The van der Waals surface area contributed by atoms with E-state index in [1.807, 2.05) is 0 Å². The fourth-order valence-electron chi connectivity index (χ4n) is 2.26. The number of anilines is 1. The number of aromatic carboxylic acids is 3. The minimum absolute atomic E-state index is 0.0717. The molecule has 0 saturated carbocycles. The van der Waals surface area contributed by atoms with Gasteiger partial charge in [-0.25, -0.2) is 14.4 Å². The third-order valence-corrected chi connectivity index (χ3v) is 3.63. The van der Waals surface area contributed by atoms with Gasteiger partial charge in [0.15, 0.2) is 5.70 Å². The maximum absolute atomic E-state index is 12.5. The van der Waals surface area contributed by atoms with Gasteiger partial charge in [0.2, 0.25) is 0 Å². The fraction of sp³-hybridized carbons (Fsp3) is 0.0526. The van der Waals surface area contributed by atoms with Gasteiger partial charge >= 0.3 is 17.9 Å². The van der Waals surface area contributed by atoms with Crippen LogP contribution in [-0.4, -0.2) is 44.2 Å². The Morgan fingerprint density at radius 2 is 1.40 bits per heavy atom. The summed E-state index contributed by atoms with van der Waals surface area (Å²) in [6.07, 6.45) is 0. The Balaban J connectivity index is 2.37. The molecule has 154 valence electrons. The SMILES string of the molecule is CC(O)=C(N=Nc1ccccc1C(=O)O)C(=O)Nc1cc(C(=O)O)cc(C(=O)O)c1. The minimum atomic E-state index is -1.41. The maximum atomic E-state index is 12.5. The second-order valence-electron chi connectivity index (χ2n) is 5.82. The zero-order valence-corrected chi connectivity index (χ0v) is 15.4. The Morgan fingerprint density at radius 1 is 0.833 bits per heavy atom. The number of nitrogens with one attached hydrogen (secondary N) is 1. The number of carboxylic acid groups (broad SMARTS) is 3. The van der Waals surface area contributed by atoms with Gasteiger partial charge in [0, 0.05) is 5.69 Å². The summed E-state index contributed by atoms with van der Waals surface area (Å²) < 4.78 is 0. The van der Waals surface area contributed by atoms with E-state index in [1.54, 1.807) is 0 Å². The standard InChI is InChI=1S/C19H15N3O8/c1-9(23)15(22-21-14-5-3-2-4-13(14)19(29)30)16(24)20-12-7-10(17(25)26)6-11(8-12)18(27)28/h2-8,23H,1H3,(H,20,24)(H,25,26)(H,27,28)(H,29,30). The first-order chi connectivity index (χ1) is 14.1. The van der Waals surface area contributed by atoms with E-state index in [-0.39, 0.29) is 28.1 Å². The van der Waals surface area contributed by atoms with Crippen LogP contribution >= 0.6 is 0 Å². The van der Waals surface area contributed by atoms with Crippen LogP contribution in [-0.2, 0) is 4.79 Å². The molecule has 0 radical (unpaired) electrons. The largest absolute Gasteiger partial charge is 0.510 e. The monoisotopic (exact) mass is 413 g/mol. The van der Waals surface area contributed by atoms with Crippen molar-refractivity contribution in [2.75, 3.05) is 5.32 Å². The minimum Gasteiger partial charge on any atom is -0.510 e. The summed E-state index contributed by atoms with van der Waals surface area (Å²) in [5.74, 6) is -5.67. The normalized spacial score (nSPS) is 11.6. The van der Waals surface area contributed by atoms with Gasteiger partial charge in [-0.1, -0.05) is 12.1 Å². The van der Waals surface area contributed by atoms with Crippen molar-refractivity contribution in [3.8, 4) is 0 Å². The third kappa shape index (κ3) is 5.25. The molecule has 0 aliphatic carbocycles. The molecule has 0 bridgehead atoms. The van der Waals surface area contributed by atoms with Crippen molar-refractivity contribution in [3.05, 3.63) is 70.6 Å². The van der Waals surface area contributed by atoms with Crippen molar-refractivity contribution in [2.24, 2.45) is 10.2 Å². The molecule has 0 atom stereocenters. The Labute approximate surface area is 168 Å². The van der Waals surface area contributed by atoms with Crippen LogP contribution < -0.4 is 5.32 Å². The van der Waals surface area contributed by atoms with Gasteiger partial charge in [0.25, 0.3) is 5.91 Å². The van der Waals surface area contributed by atoms with Gasteiger partial charge in [-0.3, -0.25) is 4.79 Å². The summed E-state index contributed by atoms with van der Waals surface area (Å²) in [4.78, 5) is 46.0. The van der Waals surface area contributed by atoms with E-state index in [2.05, 4.69) is 15.5 Å². The molecule has 5 N–H and O–H groups in total. The predicted molar refractivity (Wildman–Crippen MR) is 102 cm³/mol. The number of hydrogen-bond donors (Lipinski definition) is 5. The number of azo groups is 1. The van der Waals surface area contributed by atoms with Crippen molar-refractivity contribution in [2.45, 2.75) is 6.92 Å². The number of benzene rings is 2. The van der Waals surface area contributed by atoms with Crippen LogP contribution in [0.25, 0.3) is 0 Å². The van der Waals surface area contributed by atoms with E-state index in [4.69, 9.17) is 15.3 Å². The Hall–Kier alpha value is -4.54. The highest BCUT2D eigenvalue weighted by molar-refractivity contribution is 6.05. The van der Waals surface area contributed by atoms with Crippen LogP contribution in [0.4, 0.5) is 11.4 Å². The number of aliphatic hydroxyl groups excluding tert-OH is 1. The first-order valence-electron chi connectivity index (χ1n) is 8.17. The van der Waals surface area contributed by atoms with E-state index in [0.717, 1.165) is 25.1 Å². The number of allylic oxidation sites excluding steroid dienone is 1. The zero-order chi connectivity index (χ0) is 22.4. The molecule has 11 nitrogen and oxygen atoms in total. The van der Waals surface area contributed by atoms with Crippen molar-refractivity contribution < 1.29 is 39.6 Å². The summed E-state index contributed by atoms with van der Waals surface area (Å²) in [5.41, 5.74) is -1.78. The number of aliphatic hydroxyl groups is 1. The van der Waals surface area contributed by atoms with Crippen LogP contribution in [0.3, 0.4) is 0 Å². The molecular formula is C19H15N3O8. The Morgan fingerprint density at radius 3 is 1.90 bits per heavy atom. The molecule has 2 rings (SSSR count). The zero-order valence-electron chi connectivity index (χ0n) is 15.4. The molecule has 0 unspecified atom stereocenters. The van der Waals surface area contributed by atoms with Crippen LogP contribution in [0, 0.1) is 0 Å². The Bertz CT molecular complexity index is 1070. The lowest BCUT2D eigenvalue weighted by Gasteiger charge is -2.08. The highest BCUT2D eigenvalue weighted by Crippen LogP contribution is 2.22. The topological polar surface area (TPSA) is 186 Å². The number of amides is 1. The average Bonchev–Trinajstić information content (AvgIpc) is 2.67. The number of carbonyl (C=O) groups excluding carboxylic acids is 1. The highest BCUT2D eigenvalue weighted by atomic mass is 16.4. The van der Waals surface area contributed by atoms with Crippen molar-refractivity contribution in [1.29, 1.82) is 0 Å². The molecule has 2 aromatic rings. The van der Waals surface area contributed by atoms with Gasteiger partial charge in [-0.15, -0.1) is 10.2 Å². The molecule has 0 aliphatic rings. The van der Waals surface area contributed by atoms with E-state index in [0.29, 0.717) is 0 Å². The first kappa shape index (κ1) is 21.8. The molecule has 1 amide bonds. The van der Waals surface area contributed by atoms with Crippen LogP contribution in [0.5, 0.6) is 0 Å². The first-order valence-corrected chi connectivity index (χ1v) is 8.17. The van der Waals surface area contributed by atoms with Gasteiger partial charge in [0.1, 0.15) is 11.4 Å². The van der Waals surface area contributed by atoms with Gasteiger partial charge in [0.05, 0.1) is 16.7 Å². The summed E-state index contributed by atoms with van der Waals surface area (Å²) in [6, 6.07) is 8.54. The van der Waals surface area contributed by atoms with Crippen molar-refractivity contribution in [3.63, 3.8) is 0 Å². The van der Waals surface area contributed by atoms with Crippen molar-refractivity contribution in [1.82, 2.24) is 0 Å². The third-order valence-electron chi connectivity index (χ3n) is 3.63. The second-order valence-corrected chi connectivity index (χ2v) is 5.82. The quantitative estimate of drug-likeness (QED) is 0.260. The van der Waals surface area contributed by atoms with E-state index in [9.17, 15) is 24.3 Å². The van der Waals surface area contributed by atoms with Crippen LogP contribution in [0.1, 0.15) is 38.0 Å². The number of nitrogens with zero attached hydrogens (tertiary/aromatic N) is 2. The maximum Gasteiger partial charge on any atom is 0.337 e. The molecule has 0 spiro atoms. The fourth-order valence-corrected chi connectivity index (χ4v) is 2.26. The number of carboxylic acids is 3. The molecule has 0 aliphatic heterocycles. The molecule has 0 fully saturated rings. The highest BCUT2D eigenvalue weighted by Gasteiger charge is 2.17. The van der Waals surface area contributed by atoms with E-state index < -0.39 is 35.3 Å². The Kier molecular flexibility index (Phi) is 6.60. The summed E-state index contributed by atoms with van der Waals surface area (Å²) in [5, 5.41) is 46.6. The summed E-state index contributed by atoms with van der Waals surface area (Å²) in [6.45, 7) is 1.13. The second kappa shape index (κ2) is 9.10. The summed E-state index contributed by atoms with van der Waals surface area (Å²) >= 11 is 0. The molecule has 30 heavy (non-hydrogen) atoms. The smallest absolute Gasteiger partial charge is 0.337 e. The molecular weight excluding hydrogens is 398 g/mol. The number of carbonyl (C=O) groups is 4. The lowest BCUT2D eigenvalue weighted by atomic mass is 10.1. The van der Waals surface area contributed by atoms with E-state index >= 15 is 0 Å². The van der Waals surface area contributed by atoms with Crippen LogP contribution in [0.2, 0.25) is 0 Å². The molecule has 0 heterocycles. The number of hydrogen-bond acceptors (Lipinski definition) is 7. The van der Waals surface area contributed by atoms with Gasteiger partial charge in [-0.2, -0.15) is 0 Å². The molecule has 11 heteroatoms. The average molecular weight is 413 g/mol. The lowest BCUT2D eigenvalue weighted by molar-refractivity contribution is -0.113. The molecule has 0 aromatic heterocycles. The van der Waals surface area contributed by atoms with Crippen molar-refractivity contribution >= 4 is 35.2 Å². The van der Waals surface area contributed by atoms with Gasteiger partial charge < -0.3 is 25.7 Å². The van der Waals surface area contributed by atoms with E-state index in [1.165, 1.54) is 24.3 Å². The molecule has 2 aromatic carbocycles. The summed E-state index contributed by atoms with van der Waals surface area (Å²) in [7, 11) is 0. The lowest BCUT2D eigenvalue weighted by Crippen LogP contribution is -2.16. The van der Waals surface area contributed by atoms with Gasteiger partial charge in [-0.05, 0) is 37.3 Å².